The molecule has 8 heteroatoms. The molecule has 35 heavy (non-hydrogen) atoms. The second-order valence-corrected chi connectivity index (χ2v) is 10.4. The van der Waals surface area contributed by atoms with Crippen molar-refractivity contribution in [3.63, 3.8) is 0 Å². The number of carboxylic acid groups (broad SMARTS) is 1. The van der Waals surface area contributed by atoms with E-state index in [1.54, 1.807) is 36.4 Å². The summed E-state index contributed by atoms with van der Waals surface area (Å²) in [7, 11) is -3.44. The van der Waals surface area contributed by atoms with Gasteiger partial charge < -0.3 is 5.11 Å². The summed E-state index contributed by atoms with van der Waals surface area (Å²) in [5.74, 6) is -1.62. The average molecular weight is 499 g/mol. The summed E-state index contributed by atoms with van der Waals surface area (Å²) >= 11 is 0. The number of sulfone groups is 1. The fraction of sp³-hybridized carbons (Fsp3) is 0.148. The highest BCUT2D eigenvalue weighted by Crippen LogP contribution is 2.40. The van der Waals surface area contributed by atoms with Crippen LogP contribution < -0.4 is 0 Å². The van der Waals surface area contributed by atoms with Crippen LogP contribution in [0.3, 0.4) is 0 Å². The van der Waals surface area contributed by atoms with Gasteiger partial charge in [0.05, 0.1) is 16.9 Å². The molecule has 4 nitrogen and oxygen atoms in total. The van der Waals surface area contributed by atoms with Crippen molar-refractivity contribution in [3.05, 3.63) is 113 Å². The third-order valence-corrected chi connectivity index (χ3v) is 6.94. The predicted molar refractivity (Wildman–Crippen MR) is 127 cm³/mol. The molecule has 1 N–H and O–H groups in total. The summed E-state index contributed by atoms with van der Waals surface area (Å²) in [6.45, 7) is 0. The van der Waals surface area contributed by atoms with E-state index in [2.05, 4.69) is 0 Å². The second-order valence-electron chi connectivity index (χ2n) is 8.37. The number of fused-ring (bicyclic) bond motifs is 1. The zero-order chi connectivity index (χ0) is 25.4. The number of carbonyl (C=O) groups is 1. The Morgan fingerprint density at radius 2 is 1.51 bits per heavy atom. The first kappa shape index (κ1) is 24.5. The number of alkyl halides is 3. The summed E-state index contributed by atoms with van der Waals surface area (Å²) in [6.07, 6.45) is -3.75. The number of rotatable bonds is 6. The molecule has 1 unspecified atom stereocenters. The van der Waals surface area contributed by atoms with Crippen LogP contribution in [-0.4, -0.2) is 25.7 Å². The minimum Gasteiger partial charge on any atom is -0.481 e. The number of carboxylic acids is 1. The Kier molecular flexibility index (Phi) is 6.42. The molecular weight excluding hydrogens is 477 g/mol. The van der Waals surface area contributed by atoms with E-state index in [9.17, 15) is 31.5 Å². The van der Waals surface area contributed by atoms with Gasteiger partial charge in [0.25, 0.3) is 0 Å². The molecular formula is C27H21F3O4S. The summed E-state index contributed by atoms with van der Waals surface area (Å²) in [4.78, 5) is 11.6. The van der Waals surface area contributed by atoms with Crippen molar-refractivity contribution < 1.29 is 31.5 Å². The summed E-state index contributed by atoms with van der Waals surface area (Å²) in [6, 6.07) is 21.9. The average Bonchev–Trinajstić information content (AvgIpc) is 2.78. The van der Waals surface area contributed by atoms with Crippen molar-refractivity contribution in [1.29, 1.82) is 0 Å². The third kappa shape index (κ3) is 5.38. The van der Waals surface area contributed by atoms with E-state index in [0.29, 0.717) is 27.5 Å². The van der Waals surface area contributed by atoms with Gasteiger partial charge in [-0.05, 0) is 57.3 Å². The first-order valence-electron chi connectivity index (χ1n) is 10.6. The Bertz CT molecular complexity index is 1490. The molecule has 1 atom stereocenters. The van der Waals surface area contributed by atoms with E-state index in [-0.39, 0.29) is 11.3 Å². The molecule has 4 rings (SSSR count). The van der Waals surface area contributed by atoms with Gasteiger partial charge in [-0.2, -0.15) is 13.2 Å². The lowest BCUT2D eigenvalue weighted by molar-refractivity contribution is -0.138. The van der Waals surface area contributed by atoms with Gasteiger partial charge in [-0.1, -0.05) is 60.7 Å². The van der Waals surface area contributed by atoms with Gasteiger partial charge >= 0.3 is 12.1 Å². The van der Waals surface area contributed by atoms with Crippen LogP contribution in [0.2, 0.25) is 0 Å². The maximum Gasteiger partial charge on any atom is 0.416 e. The Labute approximate surface area is 200 Å². The molecule has 0 amide bonds. The molecule has 0 fully saturated rings. The lowest BCUT2D eigenvalue weighted by Gasteiger charge is -2.23. The van der Waals surface area contributed by atoms with Crippen molar-refractivity contribution in [3.8, 4) is 0 Å². The topological polar surface area (TPSA) is 71.4 Å². The molecule has 0 saturated carbocycles. The van der Waals surface area contributed by atoms with Gasteiger partial charge in [0.1, 0.15) is 0 Å². The molecule has 0 saturated heterocycles. The van der Waals surface area contributed by atoms with Gasteiger partial charge in [-0.3, -0.25) is 4.79 Å². The molecule has 0 aliphatic heterocycles. The monoisotopic (exact) mass is 498 g/mol. The summed E-state index contributed by atoms with van der Waals surface area (Å²) in [5, 5.41) is 10.2. The lowest BCUT2D eigenvalue weighted by atomic mass is 9.81. The summed E-state index contributed by atoms with van der Waals surface area (Å²) in [5.41, 5.74) is 1.58. The van der Waals surface area contributed by atoms with E-state index < -0.39 is 33.5 Å². The number of aliphatic carboxylic acids is 1. The van der Waals surface area contributed by atoms with E-state index in [1.807, 2.05) is 18.2 Å². The van der Waals surface area contributed by atoms with Crippen LogP contribution in [0.1, 0.15) is 33.7 Å². The zero-order valence-electron chi connectivity index (χ0n) is 18.6. The van der Waals surface area contributed by atoms with Crippen LogP contribution in [0.4, 0.5) is 13.2 Å². The number of hydrogen-bond donors (Lipinski definition) is 1. The molecule has 0 spiro atoms. The minimum atomic E-state index is -4.55. The highest BCUT2D eigenvalue weighted by Gasteiger charge is 2.31. The smallest absolute Gasteiger partial charge is 0.416 e. The van der Waals surface area contributed by atoms with Gasteiger partial charge in [0.2, 0.25) is 0 Å². The van der Waals surface area contributed by atoms with E-state index in [0.717, 1.165) is 24.0 Å². The van der Waals surface area contributed by atoms with Gasteiger partial charge in [0, 0.05) is 12.2 Å². The van der Waals surface area contributed by atoms with Gasteiger partial charge in [-0.25, -0.2) is 8.42 Å². The maximum atomic E-state index is 13.6. The van der Waals surface area contributed by atoms with Crippen molar-refractivity contribution in [2.24, 2.45) is 0 Å². The normalized spacial score (nSPS) is 13.0. The molecule has 0 aliphatic carbocycles. The van der Waals surface area contributed by atoms with Crippen LogP contribution in [-0.2, 0) is 27.2 Å². The number of hydrogen-bond acceptors (Lipinski definition) is 3. The van der Waals surface area contributed by atoms with Crippen LogP contribution in [0.25, 0.3) is 10.8 Å². The highest BCUT2D eigenvalue weighted by molar-refractivity contribution is 7.90. The second kappa shape index (κ2) is 9.19. The number of benzene rings is 4. The molecule has 180 valence electrons. The quantitative estimate of drug-likeness (QED) is 0.328. The SMILES string of the molecule is CS(=O)(=O)c1ccc(C(c2ccccc2)c2cc(CC(=O)O)cc3ccc(C(F)(F)F)cc23)cc1. The molecule has 4 aromatic rings. The molecule has 0 heterocycles. The highest BCUT2D eigenvalue weighted by atomic mass is 32.2. The van der Waals surface area contributed by atoms with E-state index in [1.165, 1.54) is 18.2 Å². The van der Waals surface area contributed by atoms with E-state index in [4.69, 9.17) is 0 Å². The first-order chi connectivity index (χ1) is 16.4. The van der Waals surface area contributed by atoms with Crippen molar-refractivity contribution in [2.75, 3.05) is 6.26 Å². The minimum absolute atomic E-state index is 0.122. The van der Waals surface area contributed by atoms with Crippen LogP contribution in [0.15, 0.2) is 89.8 Å². The van der Waals surface area contributed by atoms with Crippen molar-refractivity contribution >= 4 is 26.6 Å². The van der Waals surface area contributed by atoms with Gasteiger partial charge in [0.15, 0.2) is 9.84 Å². The molecule has 0 aromatic heterocycles. The van der Waals surface area contributed by atoms with E-state index >= 15 is 0 Å². The first-order valence-corrected chi connectivity index (χ1v) is 12.5. The van der Waals surface area contributed by atoms with Crippen LogP contribution in [0.5, 0.6) is 0 Å². The number of halogens is 3. The Morgan fingerprint density at radius 3 is 2.09 bits per heavy atom. The Morgan fingerprint density at radius 1 is 0.886 bits per heavy atom. The predicted octanol–water partition coefficient (Wildman–Crippen LogP) is 6.07. The lowest BCUT2D eigenvalue weighted by Crippen LogP contribution is -2.09. The largest absolute Gasteiger partial charge is 0.481 e. The maximum absolute atomic E-state index is 13.6. The zero-order valence-corrected chi connectivity index (χ0v) is 19.4. The summed E-state index contributed by atoms with van der Waals surface area (Å²) < 4.78 is 64.6. The van der Waals surface area contributed by atoms with Crippen molar-refractivity contribution in [2.45, 2.75) is 23.4 Å². The molecule has 4 aromatic carbocycles. The fourth-order valence-electron chi connectivity index (χ4n) is 4.25. The molecule has 0 bridgehead atoms. The molecule has 0 radical (unpaired) electrons. The van der Waals surface area contributed by atoms with Crippen molar-refractivity contribution in [1.82, 2.24) is 0 Å². The van der Waals surface area contributed by atoms with Crippen LogP contribution in [0, 0.1) is 0 Å². The Hall–Kier alpha value is -3.65. The third-order valence-electron chi connectivity index (χ3n) is 5.81. The fourth-order valence-corrected chi connectivity index (χ4v) is 4.88. The van der Waals surface area contributed by atoms with Gasteiger partial charge in [-0.15, -0.1) is 0 Å². The Balaban J connectivity index is 2.03. The standard InChI is InChI=1S/C27H21F3O4S/c1-35(33,34)22-11-8-19(9-12-22)26(18-5-3-2-4-6-18)24-14-17(15-25(31)32)13-20-7-10-21(16-23(20)24)27(28,29)30/h2-14,16,26H,15H2,1H3,(H,31,32). The molecule has 0 aliphatic rings. The van der Waals surface area contributed by atoms with Crippen LogP contribution >= 0.6 is 0 Å².